The summed E-state index contributed by atoms with van der Waals surface area (Å²) in [5, 5.41) is 4.32. The number of piperazine rings is 1. The van der Waals surface area contributed by atoms with Crippen LogP contribution in [0.1, 0.15) is 5.56 Å². The molecule has 2 aliphatic rings. The number of nitrogens with two attached hydrogens (primary N) is 1. The van der Waals surface area contributed by atoms with Crippen molar-refractivity contribution in [3.63, 3.8) is 0 Å². The van der Waals surface area contributed by atoms with Gasteiger partial charge in [0.15, 0.2) is 5.82 Å². The molecule has 7 nitrogen and oxygen atoms in total. The first-order chi connectivity index (χ1) is 11.7. The summed E-state index contributed by atoms with van der Waals surface area (Å²) in [6, 6.07) is 9.01. The Labute approximate surface area is 142 Å². The summed E-state index contributed by atoms with van der Waals surface area (Å²) in [6.45, 7) is 7.14. The number of anilines is 1. The normalized spacial score (nSPS) is 22.5. The summed E-state index contributed by atoms with van der Waals surface area (Å²) in [5.74, 6) is 1.11. The van der Waals surface area contributed by atoms with Crippen LogP contribution in [0.2, 0.25) is 0 Å². The van der Waals surface area contributed by atoms with Gasteiger partial charge in [0.05, 0.1) is 13.2 Å². The fourth-order valence-electron chi connectivity index (χ4n) is 3.49. The number of rotatable bonds is 3. The second-order valence-corrected chi connectivity index (χ2v) is 6.61. The summed E-state index contributed by atoms with van der Waals surface area (Å²) in [5.41, 5.74) is 8.06. The van der Waals surface area contributed by atoms with Gasteiger partial charge in [-0.3, -0.25) is 9.80 Å². The molecule has 2 N–H and O–H groups in total. The first kappa shape index (κ1) is 15.6. The molecule has 0 bridgehead atoms. The maximum Gasteiger partial charge on any atom is 0.218 e. The van der Waals surface area contributed by atoms with Crippen LogP contribution in [0, 0.1) is 0 Å². The maximum absolute atomic E-state index is 5.75. The lowest BCUT2D eigenvalue weighted by atomic mass is 10.1. The van der Waals surface area contributed by atoms with Gasteiger partial charge in [-0.15, -0.1) is 5.10 Å². The molecule has 0 radical (unpaired) electrons. The molecule has 0 aliphatic carbocycles. The van der Waals surface area contributed by atoms with E-state index in [-0.39, 0.29) is 0 Å². The first-order valence-electron chi connectivity index (χ1n) is 8.49. The smallest absolute Gasteiger partial charge is 0.218 e. The molecule has 1 aromatic heterocycles. The Morgan fingerprint density at radius 1 is 1.21 bits per heavy atom. The fraction of sp³-hybridized carbons (Fsp3) is 0.529. The van der Waals surface area contributed by atoms with Crippen molar-refractivity contribution in [1.29, 1.82) is 0 Å². The zero-order chi connectivity index (χ0) is 16.5. The lowest BCUT2D eigenvalue weighted by molar-refractivity contribution is -0.0461. The van der Waals surface area contributed by atoms with Gasteiger partial charge in [0, 0.05) is 51.4 Å². The van der Waals surface area contributed by atoms with E-state index < -0.39 is 0 Å². The summed E-state index contributed by atoms with van der Waals surface area (Å²) in [4.78, 5) is 9.34. The Balaban J connectivity index is 1.40. The Kier molecular flexibility index (Phi) is 4.22. The average Bonchev–Trinajstić information content (AvgIpc) is 2.94. The average molecular weight is 328 g/mol. The van der Waals surface area contributed by atoms with Gasteiger partial charge >= 0.3 is 0 Å². The van der Waals surface area contributed by atoms with Crippen LogP contribution in [0.25, 0.3) is 11.4 Å². The van der Waals surface area contributed by atoms with Crippen molar-refractivity contribution in [2.75, 3.05) is 45.1 Å². The minimum Gasteiger partial charge on any atom is -0.378 e. The third-order valence-electron chi connectivity index (χ3n) is 4.94. The van der Waals surface area contributed by atoms with Crippen LogP contribution < -0.4 is 5.73 Å². The Bertz CT molecular complexity index is 678. The van der Waals surface area contributed by atoms with Crippen molar-refractivity contribution < 1.29 is 4.74 Å². The van der Waals surface area contributed by atoms with E-state index in [9.17, 15) is 0 Å². The molecule has 0 amide bonds. The van der Waals surface area contributed by atoms with Gasteiger partial charge in [0.1, 0.15) is 0 Å². The number of hydrogen-bond donors (Lipinski definition) is 1. The second kappa shape index (κ2) is 6.51. The number of fused-ring (bicyclic) bond motifs is 1. The van der Waals surface area contributed by atoms with Gasteiger partial charge in [0.25, 0.3) is 0 Å². The molecule has 0 saturated carbocycles. The molecule has 2 saturated heterocycles. The Morgan fingerprint density at radius 3 is 2.79 bits per heavy atom. The second-order valence-electron chi connectivity index (χ2n) is 6.61. The van der Waals surface area contributed by atoms with E-state index in [4.69, 9.17) is 10.5 Å². The van der Waals surface area contributed by atoms with Gasteiger partial charge in [-0.05, 0) is 5.56 Å². The molecule has 7 heteroatoms. The minimum atomic E-state index is 0.432. The predicted molar refractivity (Wildman–Crippen MR) is 92.3 cm³/mol. The highest BCUT2D eigenvalue weighted by Crippen LogP contribution is 2.19. The number of nitrogen functional groups attached to an aromatic ring is 1. The van der Waals surface area contributed by atoms with Crippen LogP contribution in [-0.4, -0.2) is 70.0 Å². The molecule has 1 aromatic carbocycles. The molecule has 1 atom stereocenters. The first-order valence-corrected chi connectivity index (χ1v) is 8.49. The highest BCUT2D eigenvalue weighted by Gasteiger charge is 2.29. The third-order valence-corrected chi connectivity index (χ3v) is 4.94. The minimum absolute atomic E-state index is 0.432. The molecule has 1 unspecified atom stereocenters. The topological polar surface area (TPSA) is 72.4 Å². The van der Waals surface area contributed by atoms with Gasteiger partial charge in [-0.1, -0.05) is 24.3 Å². The summed E-state index contributed by atoms with van der Waals surface area (Å²) in [7, 11) is 1.80. The molecule has 4 rings (SSSR count). The van der Waals surface area contributed by atoms with E-state index >= 15 is 0 Å². The molecular formula is C17H24N6O. The van der Waals surface area contributed by atoms with Crippen LogP contribution in [0.3, 0.4) is 0 Å². The molecular weight excluding hydrogens is 304 g/mol. The van der Waals surface area contributed by atoms with E-state index in [1.54, 1.807) is 11.7 Å². The number of nitrogens with zero attached hydrogens (tertiary/aromatic N) is 5. The predicted octanol–water partition coefficient (Wildman–Crippen LogP) is 0.581. The van der Waals surface area contributed by atoms with Gasteiger partial charge in [-0.2, -0.15) is 4.98 Å². The molecule has 2 aromatic rings. The summed E-state index contributed by atoms with van der Waals surface area (Å²) >= 11 is 0. The van der Waals surface area contributed by atoms with Crippen molar-refractivity contribution >= 4 is 5.95 Å². The highest BCUT2D eigenvalue weighted by molar-refractivity contribution is 5.56. The molecule has 2 fully saturated rings. The van der Waals surface area contributed by atoms with Crippen molar-refractivity contribution in [2.24, 2.45) is 7.05 Å². The number of benzene rings is 1. The van der Waals surface area contributed by atoms with Crippen molar-refractivity contribution in [3.05, 3.63) is 29.8 Å². The highest BCUT2D eigenvalue weighted by atomic mass is 16.5. The molecule has 128 valence electrons. The largest absolute Gasteiger partial charge is 0.378 e. The van der Waals surface area contributed by atoms with Crippen molar-refractivity contribution in [1.82, 2.24) is 24.6 Å². The van der Waals surface area contributed by atoms with E-state index in [0.717, 1.165) is 51.5 Å². The monoisotopic (exact) mass is 328 g/mol. The van der Waals surface area contributed by atoms with Crippen LogP contribution in [-0.2, 0) is 18.3 Å². The van der Waals surface area contributed by atoms with E-state index in [2.05, 4.69) is 44.1 Å². The number of hydrogen-bond acceptors (Lipinski definition) is 6. The van der Waals surface area contributed by atoms with E-state index in [1.165, 1.54) is 5.56 Å². The SMILES string of the molecule is Cn1nc(-c2ccc(CN3CCN4CCOCC4C3)cc2)nc1N. The van der Waals surface area contributed by atoms with E-state index in [1.807, 2.05) is 0 Å². The van der Waals surface area contributed by atoms with Crippen LogP contribution in [0.5, 0.6) is 0 Å². The number of aryl methyl sites for hydroxylation is 1. The number of aromatic nitrogens is 3. The third kappa shape index (κ3) is 3.15. The van der Waals surface area contributed by atoms with Crippen LogP contribution in [0.4, 0.5) is 5.95 Å². The molecule has 0 spiro atoms. The Morgan fingerprint density at radius 2 is 2.04 bits per heavy atom. The van der Waals surface area contributed by atoms with Crippen LogP contribution >= 0.6 is 0 Å². The van der Waals surface area contributed by atoms with Gasteiger partial charge in [-0.25, -0.2) is 4.68 Å². The number of ether oxygens (including phenoxy) is 1. The molecule has 24 heavy (non-hydrogen) atoms. The lowest BCUT2D eigenvalue weighted by Crippen LogP contribution is -2.57. The molecule has 2 aliphatic heterocycles. The number of morpholine rings is 1. The molecule has 3 heterocycles. The maximum atomic E-state index is 5.75. The Hall–Kier alpha value is -1.96. The zero-order valence-corrected chi connectivity index (χ0v) is 14.1. The lowest BCUT2D eigenvalue weighted by Gasteiger charge is -2.43. The van der Waals surface area contributed by atoms with E-state index in [0.29, 0.717) is 17.8 Å². The van der Waals surface area contributed by atoms with Crippen molar-refractivity contribution in [2.45, 2.75) is 12.6 Å². The standard InChI is InChI=1S/C17H24N6O/c1-21-17(18)19-16(20-21)14-4-2-13(3-5-14)10-22-6-7-23-8-9-24-12-15(23)11-22/h2-5,15H,6-12H2,1H3,(H2,18,19,20). The van der Waals surface area contributed by atoms with Gasteiger partial charge in [0.2, 0.25) is 5.95 Å². The summed E-state index contributed by atoms with van der Waals surface area (Å²) < 4.78 is 7.21. The van der Waals surface area contributed by atoms with Crippen molar-refractivity contribution in [3.8, 4) is 11.4 Å². The fourth-order valence-corrected chi connectivity index (χ4v) is 3.49. The van der Waals surface area contributed by atoms with Crippen LogP contribution in [0.15, 0.2) is 24.3 Å². The quantitative estimate of drug-likeness (QED) is 0.889. The zero-order valence-electron chi connectivity index (χ0n) is 14.1. The summed E-state index contributed by atoms with van der Waals surface area (Å²) in [6.07, 6.45) is 0. The van der Waals surface area contributed by atoms with Gasteiger partial charge < -0.3 is 10.5 Å².